The average Bonchev–Trinajstić information content (AvgIpc) is 3.01. The van der Waals surface area contributed by atoms with Gasteiger partial charge in [-0.1, -0.05) is 115 Å². The summed E-state index contributed by atoms with van der Waals surface area (Å²) in [6.45, 7) is 3.44. The number of benzene rings is 4. The molecule has 2 amide bonds. The van der Waals surface area contributed by atoms with Gasteiger partial charge < -0.3 is 10.2 Å². The van der Waals surface area contributed by atoms with Crippen LogP contribution in [0.3, 0.4) is 0 Å². The molecule has 7 nitrogen and oxygen atoms in total. The van der Waals surface area contributed by atoms with Gasteiger partial charge in [0.1, 0.15) is 12.6 Å². The van der Waals surface area contributed by atoms with Crippen molar-refractivity contribution in [2.75, 3.05) is 17.4 Å². The lowest BCUT2D eigenvalue weighted by atomic mass is 10.0. The number of sulfonamides is 1. The van der Waals surface area contributed by atoms with Crippen molar-refractivity contribution in [1.82, 2.24) is 10.2 Å². The van der Waals surface area contributed by atoms with E-state index in [2.05, 4.69) is 5.32 Å². The van der Waals surface area contributed by atoms with E-state index < -0.39 is 34.4 Å². The molecule has 0 aliphatic carbocycles. The molecule has 0 unspecified atom stereocenters. The minimum atomic E-state index is -4.32. The van der Waals surface area contributed by atoms with Crippen molar-refractivity contribution < 1.29 is 18.0 Å². The highest BCUT2D eigenvalue weighted by Crippen LogP contribution is 2.31. The Morgan fingerprint density at radius 3 is 1.91 bits per heavy atom. The van der Waals surface area contributed by atoms with Crippen molar-refractivity contribution >= 4 is 73.9 Å². The number of rotatable bonds is 13. The molecule has 4 aromatic rings. The SMILES string of the molecule is CC(C)CNC(=O)[C@H](Cc1ccccc1)N(Cc1c(Cl)cccc1Cl)C(=O)CN(c1cc(Cl)cc(Cl)c1)S(=O)(=O)c1ccccc1. The van der Waals surface area contributed by atoms with E-state index in [1.165, 1.54) is 35.2 Å². The van der Waals surface area contributed by atoms with Gasteiger partial charge in [0.05, 0.1) is 10.6 Å². The van der Waals surface area contributed by atoms with E-state index in [-0.39, 0.29) is 39.5 Å². The standard InChI is InChI=1S/C34H33Cl4N3O4S/c1-23(2)20-39-34(43)32(16-24-10-5-3-6-11-24)40(21-29-30(37)14-9-15-31(29)38)33(42)22-41(27-18-25(35)17-26(36)19-27)46(44,45)28-12-7-4-8-13-28/h3-15,17-19,23,32H,16,20-22H2,1-2H3,(H,39,43)/t32-/m0/s1. The van der Waals surface area contributed by atoms with Crippen LogP contribution in [0.2, 0.25) is 20.1 Å². The maximum absolute atomic E-state index is 14.6. The van der Waals surface area contributed by atoms with Gasteiger partial charge in [-0.3, -0.25) is 13.9 Å². The Hall–Kier alpha value is -3.27. The average molecular weight is 722 g/mol. The van der Waals surface area contributed by atoms with Crippen molar-refractivity contribution in [3.05, 3.63) is 128 Å². The van der Waals surface area contributed by atoms with E-state index in [1.54, 1.807) is 36.4 Å². The molecule has 0 radical (unpaired) electrons. The molecule has 0 bridgehead atoms. The Bertz CT molecular complexity index is 1730. The highest BCUT2D eigenvalue weighted by Gasteiger charge is 2.35. The van der Waals surface area contributed by atoms with Gasteiger partial charge in [-0.25, -0.2) is 8.42 Å². The molecule has 0 saturated heterocycles. The number of carbonyl (C=O) groups excluding carboxylic acids is 2. The first-order chi connectivity index (χ1) is 21.9. The van der Waals surface area contributed by atoms with E-state index in [9.17, 15) is 18.0 Å². The smallest absolute Gasteiger partial charge is 0.264 e. The summed E-state index contributed by atoms with van der Waals surface area (Å²) in [5, 5.41) is 3.89. The molecule has 4 aromatic carbocycles. The lowest BCUT2D eigenvalue weighted by molar-refractivity contribution is -0.140. The van der Waals surface area contributed by atoms with Crippen LogP contribution < -0.4 is 9.62 Å². The van der Waals surface area contributed by atoms with Gasteiger partial charge >= 0.3 is 0 Å². The summed E-state index contributed by atoms with van der Waals surface area (Å²) in [6.07, 6.45) is 0.146. The molecule has 46 heavy (non-hydrogen) atoms. The number of hydrogen-bond acceptors (Lipinski definition) is 4. The monoisotopic (exact) mass is 719 g/mol. The number of nitrogens with zero attached hydrogens (tertiary/aromatic N) is 2. The van der Waals surface area contributed by atoms with E-state index in [0.717, 1.165) is 9.87 Å². The lowest BCUT2D eigenvalue weighted by Gasteiger charge is -2.34. The fourth-order valence-electron chi connectivity index (χ4n) is 4.76. The van der Waals surface area contributed by atoms with Crippen molar-refractivity contribution in [3.8, 4) is 0 Å². The van der Waals surface area contributed by atoms with Gasteiger partial charge in [0.15, 0.2) is 0 Å². The van der Waals surface area contributed by atoms with Gasteiger partial charge in [0.2, 0.25) is 11.8 Å². The summed E-state index contributed by atoms with van der Waals surface area (Å²) < 4.78 is 29.1. The summed E-state index contributed by atoms with van der Waals surface area (Å²) >= 11 is 25.7. The normalized spacial score (nSPS) is 12.1. The van der Waals surface area contributed by atoms with Gasteiger partial charge in [-0.2, -0.15) is 0 Å². The van der Waals surface area contributed by atoms with Crippen molar-refractivity contribution in [3.63, 3.8) is 0 Å². The molecule has 1 atom stereocenters. The molecular weight excluding hydrogens is 688 g/mol. The van der Waals surface area contributed by atoms with E-state index in [0.29, 0.717) is 22.2 Å². The number of carbonyl (C=O) groups is 2. The van der Waals surface area contributed by atoms with E-state index in [1.807, 2.05) is 44.2 Å². The zero-order chi connectivity index (χ0) is 33.4. The first-order valence-corrected chi connectivity index (χ1v) is 17.4. The number of amides is 2. The van der Waals surface area contributed by atoms with Crippen LogP contribution in [0.25, 0.3) is 0 Å². The number of anilines is 1. The maximum atomic E-state index is 14.6. The van der Waals surface area contributed by atoms with Crippen LogP contribution in [0.1, 0.15) is 25.0 Å². The summed E-state index contributed by atoms with van der Waals surface area (Å²) in [5.41, 5.74) is 1.29. The predicted octanol–water partition coefficient (Wildman–Crippen LogP) is 7.91. The van der Waals surface area contributed by atoms with Gasteiger partial charge in [-0.05, 0) is 53.9 Å². The van der Waals surface area contributed by atoms with Crippen molar-refractivity contribution in [2.45, 2.75) is 37.8 Å². The Kier molecular flexibility index (Phi) is 12.4. The topological polar surface area (TPSA) is 86.8 Å². The van der Waals surface area contributed by atoms with Gasteiger partial charge in [-0.15, -0.1) is 0 Å². The second-order valence-corrected chi connectivity index (χ2v) is 14.6. The molecule has 0 aliphatic rings. The van der Waals surface area contributed by atoms with Crippen LogP contribution in [-0.4, -0.2) is 44.3 Å². The minimum Gasteiger partial charge on any atom is -0.354 e. The first kappa shape index (κ1) is 35.6. The second kappa shape index (κ2) is 16.0. The van der Waals surface area contributed by atoms with Crippen LogP contribution in [-0.2, 0) is 32.6 Å². The van der Waals surface area contributed by atoms with Crippen LogP contribution in [0, 0.1) is 5.92 Å². The molecular formula is C34H33Cl4N3O4S. The molecule has 12 heteroatoms. The third kappa shape index (κ3) is 9.17. The number of nitrogens with one attached hydrogen (secondary N) is 1. The predicted molar refractivity (Wildman–Crippen MR) is 186 cm³/mol. The van der Waals surface area contributed by atoms with Crippen LogP contribution in [0.4, 0.5) is 5.69 Å². The van der Waals surface area contributed by atoms with E-state index in [4.69, 9.17) is 46.4 Å². The minimum absolute atomic E-state index is 0.0462. The quantitative estimate of drug-likeness (QED) is 0.152. The fourth-order valence-corrected chi connectivity index (χ4v) is 7.21. The number of halogens is 4. The molecule has 0 spiro atoms. The molecule has 242 valence electrons. The molecule has 0 heterocycles. The first-order valence-electron chi connectivity index (χ1n) is 14.4. The Morgan fingerprint density at radius 2 is 1.35 bits per heavy atom. The zero-order valence-corrected chi connectivity index (χ0v) is 29.0. The van der Waals surface area contributed by atoms with Gasteiger partial charge in [0.25, 0.3) is 10.0 Å². The van der Waals surface area contributed by atoms with Crippen LogP contribution in [0.5, 0.6) is 0 Å². The third-order valence-corrected chi connectivity index (χ3v) is 10.0. The van der Waals surface area contributed by atoms with E-state index >= 15 is 0 Å². The summed E-state index contributed by atoms with van der Waals surface area (Å²) in [4.78, 5) is 29.7. The molecule has 0 fully saturated rings. The summed E-state index contributed by atoms with van der Waals surface area (Å²) in [5.74, 6) is -0.938. The Balaban J connectivity index is 1.85. The van der Waals surface area contributed by atoms with Gasteiger partial charge in [0, 0.05) is 45.2 Å². The largest absolute Gasteiger partial charge is 0.354 e. The molecule has 4 rings (SSSR count). The Morgan fingerprint density at radius 1 is 0.783 bits per heavy atom. The fraction of sp³-hybridized carbons (Fsp3) is 0.235. The molecule has 0 aromatic heterocycles. The molecule has 0 saturated carbocycles. The highest BCUT2D eigenvalue weighted by atomic mass is 35.5. The van der Waals surface area contributed by atoms with Crippen molar-refractivity contribution in [2.24, 2.45) is 5.92 Å². The second-order valence-electron chi connectivity index (χ2n) is 11.0. The highest BCUT2D eigenvalue weighted by molar-refractivity contribution is 7.92. The number of hydrogen-bond donors (Lipinski definition) is 1. The Labute approximate surface area is 290 Å². The maximum Gasteiger partial charge on any atom is 0.264 e. The molecule has 0 aliphatic heterocycles. The summed E-state index contributed by atoms with van der Waals surface area (Å²) in [6, 6.07) is 25.1. The van der Waals surface area contributed by atoms with Crippen molar-refractivity contribution in [1.29, 1.82) is 0 Å². The molecule has 1 N–H and O–H groups in total. The third-order valence-electron chi connectivity index (χ3n) is 7.09. The zero-order valence-electron chi connectivity index (χ0n) is 25.2. The van der Waals surface area contributed by atoms with Crippen LogP contribution in [0.15, 0.2) is 102 Å². The lowest BCUT2D eigenvalue weighted by Crippen LogP contribution is -2.53. The van der Waals surface area contributed by atoms with Crippen LogP contribution >= 0.6 is 46.4 Å². The summed E-state index contributed by atoms with van der Waals surface area (Å²) in [7, 11) is -4.32.